The first-order valence-electron chi connectivity index (χ1n) is 10.0. The van der Waals surface area contributed by atoms with Gasteiger partial charge in [-0.05, 0) is 43.4 Å². The van der Waals surface area contributed by atoms with Crippen LogP contribution in [-0.2, 0) is 22.6 Å². The molecule has 0 radical (unpaired) electrons. The summed E-state index contributed by atoms with van der Waals surface area (Å²) in [7, 11) is 0. The minimum absolute atomic E-state index is 0.170. The number of likely N-dealkylation sites (tertiary alicyclic amines) is 1. The van der Waals surface area contributed by atoms with Gasteiger partial charge in [-0.2, -0.15) is 0 Å². The van der Waals surface area contributed by atoms with Crippen LogP contribution in [0.4, 0.5) is 4.39 Å². The summed E-state index contributed by atoms with van der Waals surface area (Å²) in [5.74, 6) is -1.40. The molecule has 1 fully saturated rings. The Kier molecular flexibility index (Phi) is 9.43. The van der Waals surface area contributed by atoms with Crippen molar-refractivity contribution in [3.63, 3.8) is 0 Å². The largest absolute Gasteiger partial charge is 0.483 e. The quantitative estimate of drug-likeness (QED) is 0.553. The number of halogens is 2. The van der Waals surface area contributed by atoms with Gasteiger partial charge in [-0.1, -0.05) is 48.0 Å². The van der Waals surface area contributed by atoms with Crippen molar-refractivity contribution in [2.75, 3.05) is 13.1 Å². The number of aliphatic carboxylic acids is 1. The highest BCUT2D eigenvalue weighted by atomic mass is 35.5. The molecule has 0 aliphatic carbocycles. The Labute approximate surface area is 185 Å². The van der Waals surface area contributed by atoms with Gasteiger partial charge in [-0.15, -0.1) is 0 Å². The molecule has 31 heavy (non-hydrogen) atoms. The molecule has 0 aromatic heterocycles. The fourth-order valence-corrected chi connectivity index (χ4v) is 4.24. The van der Waals surface area contributed by atoms with Crippen LogP contribution in [0.25, 0.3) is 0 Å². The fourth-order valence-electron chi connectivity index (χ4n) is 4.02. The lowest BCUT2D eigenvalue weighted by Gasteiger charge is -2.43. The molecule has 3 rings (SSSR count). The van der Waals surface area contributed by atoms with Crippen molar-refractivity contribution in [1.82, 2.24) is 4.90 Å². The molecular weight excluding hydrogens is 425 g/mol. The molecule has 2 aromatic rings. The van der Waals surface area contributed by atoms with E-state index in [2.05, 4.69) is 0 Å². The molecule has 8 heteroatoms. The average molecular weight is 452 g/mol. The second kappa shape index (κ2) is 11.8. The highest BCUT2D eigenvalue weighted by molar-refractivity contribution is 6.31. The van der Waals surface area contributed by atoms with Gasteiger partial charge in [0.1, 0.15) is 11.2 Å². The van der Waals surface area contributed by atoms with Gasteiger partial charge < -0.3 is 15.3 Å². The number of rotatable bonds is 7. The smallest absolute Gasteiger partial charge is 0.313 e. The van der Waals surface area contributed by atoms with Crippen molar-refractivity contribution in [3.8, 4) is 0 Å². The number of aliphatic hydroxyl groups excluding tert-OH is 1. The van der Waals surface area contributed by atoms with Crippen LogP contribution in [0.15, 0.2) is 48.5 Å². The summed E-state index contributed by atoms with van der Waals surface area (Å²) in [5.41, 5.74) is 0.248. The number of carboxylic acids is 1. The van der Waals surface area contributed by atoms with E-state index in [4.69, 9.17) is 21.5 Å². The van der Waals surface area contributed by atoms with Gasteiger partial charge in [-0.25, -0.2) is 4.39 Å². The summed E-state index contributed by atoms with van der Waals surface area (Å²) in [6.45, 7) is 0.647. The third-order valence-corrected chi connectivity index (χ3v) is 6.02. The van der Waals surface area contributed by atoms with Crippen molar-refractivity contribution >= 4 is 24.0 Å². The fraction of sp³-hybridized carbons (Fsp3) is 0.391. The Hall–Kier alpha value is -2.48. The molecule has 0 saturated carbocycles. The molecule has 1 saturated heterocycles. The molecule has 1 aliphatic heterocycles. The van der Waals surface area contributed by atoms with Gasteiger partial charge in [0.05, 0.1) is 6.10 Å². The average Bonchev–Trinajstić information content (AvgIpc) is 2.74. The van der Waals surface area contributed by atoms with Crippen LogP contribution in [0.3, 0.4) is 0 Å². The summed E-state index contributed by atoms with van der Waals surface area (Å²) in [6.07, 6.45) is 1.18. The van der Waals surface area contributed by atoms with Crippen molar-refractivity contribution in [2.45, 2.75) is 38.3 Å². The topological polar surface area (TPSA) is 98.1 Å². The van der Waals surface area contributed by atoms with E-state index in [1.54, 1.807) is 12.1 Å². The lowest BCUT2D eigenvalue weighted by atomic mass is 9.73. The van der Waals surface area contributed by atoms with Crippen LogP contribution in [-0.4, -0.2) is 51.9 Å². The van der Waals surface area contributed by atoms with Gasteiger partial charge in [0, 0.05) is 30.2 Å². The number of aryl methyl sites for hydroxylation is 1. The van der Waals surface area contributed by atoms with E-state index in [-0.39, 0.29) is 19.6 Å². The number of carboxylic acid groups (broad SMARTS) is 2. The Bertz CT molecular complexity index is 846. The third-order valence-electron chi connectivity index (χ3n) is 5.66. The molecule has 0 bridgehead atoms. The lowest BCUT2D eigenvalue weighted by molar-refractivity contribution is -0.164. The van der Waals surface area contributed by atoms with Gasteiger partial charge in [0.25, 0.3) is 6.47 Å². The number of aliphatic hydroxyl groups is 1. The summed E-state index contributed by atoms with van der Waals surface area (Å²) < 4.78 is 14.1. The predicted octanol–water partition coefficient (Wildman–Crippen LogP) is 3.84. The lowest BCUT2D eigenvalue weighted by Crippen LogP contribution is -2.55. The molecule has 168 valence electrons. The minimum Gasteiger partial charge on any atom is -0.483 e. The molecule has 1 heterocycles. The van der Waals surface area contributed by atoms with E-state index in [0.717, 1.165) is 12.0 Å². The SMILES string of the molecule is O=C(O)[C@]1(CCCc2ccccc2)CN(Cc2c(F)cccc2Cl)CC[C@@H]1O.O=CO. The van der Waals surface area contributed by atoms with Gasteiger partial charge in [0.2, 0.25) is 0 Å². The number of benzene rings is 2. The zero-order valence-corrected chi connectivity index (χ0v) is 17.8. The molecule has 0 spiro atoms. The number of carbonyl (C=O) groups is 2. The Balaban J connectivity index is 0.00000107. The van der Waals surface area contributed by atoms with Gasteiger partial charge >= 0.3 is 5.97 Å². The summed E-state index contributed by atoms with van der Waals surface area (Å²) in [6, 6.07) is 14.4. The van der Waals surface area contributed by atoms with Crippen LogP contribution in [0, 0.1) is 11.2 Å². The van der Waals surface area contributed by atoms with Crippen molar-refractivity contribution in [2.24, 2.45) is 5.41 Å². The Morgan fingerprint density at radius 2 is 1.90 bits per heavy atom. The first kappa shape index (κ1) is 24.8. The predicted molar refractivity (Wildman–Crippen MR) is 115 cm³/mol. The highest BCUT2D eigenvalue weighted by Gasteiger charge is 2.48. The van der Waals surface area contributed by atoms with Crippen LogP contribution in [0.1, 0.15) is 30.4 Å². The van der Waals surface area contributed by atoms with Gasteiger partial charge in [-0.3, -0.25) is 14.5 Å². The molecule has 0 amide bonds. The van der Waals surface area contributed by atoms with Crippen molar-refractivity contribution < 1.29 is 29.3 Å². The third kappa shape index (κ3) is 6.50. The first-order valence-corrected chi connectivity index (χ1v) is 10.4. The maximum Gasteiger partial charge on any atom is 0.313 e. The highest BCUT2D eigenvalue weighted by Crippen LogP contribution is 2.37. The van der Waals surface area contributed by atoms with E-state index >= 15 is 0 Å². The van der Waals surface area contributed by atoms with E-state index in [9.17, 15) is 19.4 Å². The Morgan fingerprint density at radius 1 is 1.23 bits per heavy atom. The van der Waals surface area contributed by atoms with E-state index in [0.29, 0.717) is 36.4 Å². The van der Waals surface area contributed by atoms with E-state index < -0.39 is 23.3 Å². The van der Waals surface area contributed by atoms with E-state index in [1.165, 1.54) is 6.07 Å². The molecule has 1 aliphatic rings. The summed E-state index contributed by atoms with van der Waals surface area (Å²) >= 11 is 6.13. The normalized spacial score (nSPS) is 21.1. The zero-order valence-electron chi connectivity index (χ0n) is 17.1. The Morgan fingerprint density at radius 3 is 2.52 bits per heavy atom. The van der Waals surface area contributed by atoms with Crippen LogP contribution in [0.2, 0.25) is 5.02 Å². The number of hydrogen-bond acceptors (Lipinski definition) is 4. The maximum atomic E-state index is 14.1. The van der Waals surface area contributed by atoms with Crippen LogP contribution >= 0.6 is 11.6 Å². The van der Waals surface area contributed by atoms with Crippen LogP contribution < -0.4 is 0 Å². The molecule has 2 atom stereocenters. The monoisotopic (exact) mass is 451 g/mol. The summed E-state index contributed by atoms with van der Waals surface area (Å²) in [5, 5.41) is 27.8. The molecule has 6 nitrogen and oxygen atoms in total. The maximum absolute atomic E-state index is 14.1. The number of piperidine rings is 1. The van der Waals surface area contributed by atoms with Crippen molar-refractivity contribution in [3.05, 3.63) is 70.5 Å². The number of hydrogen-bond donors (Lipinski definition) is 3. The number of nitrogens with zero attached hydrogens (tertiary/aromatic N) is 1. The molecule has 3 N–H and O–H groups in total. The van der Waals surface area contributed by atoms with Crippen molar-refractivity contribution in [1.29, 1.82) is 0 Å². The van der Waals surface area contributed by atoms with Crippen LogP contribution in [0.5, 0.6) is 0 Å². The molecular formula is C23H27ClFNO5. The first-order chi connectivity index (χ1) is 14.8. The zero-order chi connectivity index (χ0) is 22.9. The second-order valence-corrected chi connectivity index (χ2v) is 8.03. The standard InChI is InChI=1S/C22H25ClFNO3.CH2O2/c23-18-9-4-10-19(24)17(18)14-25-13-11-20(26)22(15-25,21(27)28)12-5-8-16-6-2-1-3-7-16;2-1-3/h1-4,6-7,9-10,20,26H,5,8,11-15H2,(H,27,28);1H,(H,2,3)/t20-,22+;/m0./s1. The minimum atomic E-state index is -1.26. The van der Waals surface area contributed by atoms with E-state index in [1.807, 2.05) is 35.2 Å². The molecule has 2 aromatic carbocycles. The summed E-state index contributed by atoms with van der Waals surface area (Å²) in [4.78, 5) is 22.4. The molecule has 0 unspecified atom stereocenters. The van der Waals surface area contributed by atoms with Gasteiger partial charge in [0.15, 0.2) is 0 Å². The second-order valence-electron chi connectivity index (χ2n) is 7.62.